The SMILES string of the molecule is CCC(C)(C)c1ccc(-c2cn3ccccc3c2C(=O)O)cc1. The fourth-order valence-electron chi connectivity index (χ4n) is 2.87. The van der Waals surface area contributed by atoms with Crippen molar-refractivity contribution in [3.8, 4) is 11.1 Å². The molecule has 0 atom stereocenters. The molecule has 3 heteroatoms. The molecule has 0 aliphatic heterocycles. The van der Waals surface area contributed by atoms with E-state index in [0.717, 1.165) is 17.5 Å². The van der Waals surface area contributed by atoms with Crippen molar-refractivity contribution in [2.75, 3.05) is 0 Å². The zero-order valence-corrected chi connectivity index (χ0v) is 13.7. The quantitative estimate of drug-likeness (QED) is 0.737. The van der Waals surface area contributed by atoms with Gasteiger partial charge in [-0.25, -0.2) is 4.79 Å². The average molecular weight is 307 g/mol. The smallest absolute Gasteiger partial charge is 0.338 e. The van der Waals surface area contributed by atoms with Crippen molar-refractivity contribution in [1.29, 1.82) is 0 Å². The Labute approximate surface area is 136 Å². The van der Waals surface area contributed by atoms with E-state index in [9.17, 15) is 9.90 Å². The molecule has 3 nitrogen and oxygen atoms in total. The molecule has 0 fully saturated rings. The molecule has 0 saturated carbocycles. The molecule has 1 aromatic carbocycles. The van der Waals surface area contributed by atoms with Crippen LogP contribution in [0, 0.1) is 0 Å². The average Bonchev–Trinajstić information content (AvgIpc) is 2.94. The molecule has 0 amide bonds. The van der Waals surface area contributed by atoms with Crippen molar-refractivity contribution in [3.63, 3.8) is 0 Å². The van der Waals surface area contributed by atoms with Crippen LogP contribution < -0.4 is 0 Å². The molecular weight excluding hydrogens is 286 g/mol. The standard InChI is InChI=1S/C20H21NO2/c1-4-20(2,3)15-10-8-14(9-11-15)16-13-21-12-6-5-7-17(21)18(16)19(22)23/h5-13H,4H2,1-3H3,(H,22,23). The molecule has 118 valence electrons. The molecule has 0 aliphatic carbocycles. The number of hydrogen-bond donors (Lipinski definition) is 1. The van der Waals surface area contributed by atoms with Crippen LogP contribution in [0.25, 0.3) is 16.6 Å². The summed E-state index contributed by atoms with van der Waals surface area (Å²) in [4.78, 5) is 11.7. The van der Waals surface area contributed by atoms with Crippen LogP contribution in [0.3, 0.4) is 0 Å². The van der Waals surface area contributed by atoms with Crippen molar-refractivity contribution in [1.82, 2.24) is 4.40 Å². The van der Waals surface area contributed by atoms with E-state index in [0.29, 0.717) is 11.1 Å². The minimum Gasteiger partial charge on any atom is -0.478 e. The third-order valence-electron chi connectivity index (χ3n) is 4.76. The second kappa shape index (κ2) is 5.58. The van der Waals surface area contributed by atoms with Gasteiger partial charge in [-0.2, -0.15) is 0 Å². The largest absolute Gasteiger partial charge is 0.478 e. The summed E-state index contributed by atoms with van der Waals surface area (Å²) in [7, 11) is 0. The molecule has 23 heavy (non-hydrogen) atoms. The highest BCUT2D eigenvalue weighted by molar-refractivity contribution is 6.03. The van der Waals surface area contributed by atoms with E-state index in [1.807, 2.05) is 47.1 Å². The zero-order valence-electron chi connectivity index (χ0n) is 13.7. The predicted molar refractivity (Wildman–Crippen MR) is 93.1 cm³/mol. The van der Waals surface area contributed by atoms with Gasteiger partial charge in [-0.05, 0) is 35.1 Å². The third kappa shape index (κ3) is 2.63. The van der Waals surface area contributed by atoms with Crippen molar-refractivity contribution < 1.29 is 9.90 Å². The van der Waals surface area contributed by atoms with Crippen LogP contribution in [0.1, 0.15) is 43.1 Å². The van der Waals surface area contributed by atoms with Crippen molar-refractivity contribution in [2.45, 2.75) is 32.6 Å². The van der Waals surface area contributed by atoms with Gasteiger partial charge >= 0.3 is 5.97 Å². The Hall–Kier alpha value is -2.55. The maximum absolute atomic E-state index is 11.7. The number of nitrogens with zero attached hydrogens (tertiary/aromatic N) is 1. The van der Waals surface area contributed by atoms with E-state index in [4.69, 9.17) is 0 Å². The number of carboxylic acids is 1. The summed E-state index contributed by atoms with van der Waals surface area (Å²) in [5, 5.41) is 9.62. The number of carboxylic acid groups (broad SMARTS) is 1. The fraction of sp³-hybridized carbons (Fsp3) is 0.250. The van der Waals surface area contributed by atoms with Crippen LogP contribution in [0.5, 0.6) is 0 Å². The summed E-state index contributed by atoms with van der Waals surface area (Å²) >= 11 is 0. The van der Waals surface area contributed by atoms with Gasteiger partial charge in [0.1, 0.15) is 0 Å². The fourth-order valence-corrected chi connectivity index (χ4v) is 2.87. The van der Waals surface area contributed by atoms with Crippen LogP contribution >= 0.6 is 0 Å². The van der Waals surface area contributed by atoms with Crippen LogP contribution in [0.15, 0.2) is 54.9 Å². The van der Waals surface area contributed by atoms with E-state index in [-0.39, 0.29) is 5.41 Å². The van der Waals surface area contributed by atoms with E-state index >= 15 is 0 Å². The van der Waals surface area contributed by atoms with Gasteiger partial charge in [-0.1, -0.05) is 51.1 Å². The van der Waals surface area contributed by atoms with Gasteiger partial charge in [0.2, 0.25) is 0 Å². The Kier molecular flexibility index (Phi) is 3.72. The lowest BCUT2D eigenvalue weighted by Gasteiger charge is -2.23. The van der Waals surface area contributed by atoms with Gasteiger partial charge < -0.3 is 9.51 Å². The summed E-state index contributed by atoms with van der Waals surface area (Å²) in [5.74, 6) is -0.897. The van der Waals surface area contributed by atoms with E-state index in [1.165, 1.54) is 5.56 Å². The highest BCUT2D eigenvalue weighted by Crippen LogP contribution is 2.32. The maximum Gasteiger partial charge on any atom is 0.338 e. The molecule has 0 bridgehead atoms. The molecule has 0 unspecified atom stereocenters. The first-order valence-corrected chi connectivity index (χ1v) is 7.88. The summed E-state index contributed by atoms with van der Waals surface area (Å²) < 4.78 is 1.86. The molecule has 2 aromatic heterocycles. The van der Waals surface area contributed by atoms with Crippen LogP contribution in [-0.2, 0) is 5.41 Å². The monoisotopic (exact) mass is 307 g/mol. The van der Waals surface area contributed by atoms with Crippen LogP contribution in [-0.4, -0.2) is 15.5 Å². The van der Waals surface area contributed by atoms with Gasteiger partial charge in [0.05, 0.1) is 11.1 Å². The number of aromatic nitrogens is 1. The van der Waals surface area contributed by atoms with Crippen LogP contribution in [0.2, 0.25) is 0 Å². The van der Waals surface area contributed by atoms with E-state index in [1.54, 1.807) is 0 Å². The van der Waals surface area contributed by atoms with Gasteiger partial charge in [0, 0.05) is 18.0 Å². The molecular formula is C20H21NO2. The van der Waals surface area contributed by atoms with Gasteiger partial charge in [-0.15, -0.1) is 0 Å². The number of aromatic carboxylic acids is 1. The molecule has 3 aromatic rings. The number of benzene rings is 1. The Morgan fingerprint density at radius 3 is 2.43 bits per heavy atom. The topological polar surface area (TPSA) is 41.7 Å². The number of fused-ring (bicyclic) bond motifs is 1. The molecule has 0 aliphatic rings. The highest BCUT2D eigenvalue weighted by atomic mass is 16.4. The Balaban J connectivity index is 2.14. The van der Waals surface area contributed by atoms with Crippen molar-refractivity contribution in [2.24, 2.45) is 0 Å². The normalized spacial score (nSPS) is 11.8. The Morgan fingerprint density at radius 1 is 1.13 bits per heavy atom. The molecule has 0 radical (unpaired) electrons. The van der Waals surface area contributed by atoms with Gasteiger partial charge in [0.25, 0.3) is 0 Å². The molecule has 1 N–H and O–H groups in total. The summed E-state index contributed by atoms with van der Waals surface area (Å²) in [6.45, 7) is 6.62. The van der Waals surface area contributed by atoms with Crippen LogP contribution in [0.4, 0.5) is 0 Å². The zero-order chi connectivity index (χ0) is 16.6. The Bertz CT molecular complexity index is 857. The molecule has 0 spiro atoms. The lowest BCUT2D eigenvalue weighted by molar-refractivity contribution is 0.0700. The Morgan fingerprint density at radius 2 is 1.83 bits per heavy atom. The van der Waals surface area contributed by atoms with E-state index in [2.05, 4.69) is 32.9 Å². The predicted octanol–water partition coefficient (Wildman–Crippen LogP) is 4.99. The minimum absolute atomic E-state index is 0.125. The first kappa shape index (κ1) is 15.3. The molecule has 0 saturated heterocycles. The summed E-state index contributed by atoms with van der Waals surface area (Å²) in [5.41, 5.74) is 4.15. The van der Waals surface area contributed by atoms with Gasteiger partial charge in [0.15, 0.2) is 0 Å². The van der Waals surface area contributed by atoms with Gasteiger partial charge in [-0.3, -0.25) is 0 Å². The number of pyridine rings is 1. The second-order valence-corrected chi connectivity index (χ2v) is 6.53. The molecule has 3 rings (SSSR count). The van der Waals surface area contributed by atoms with E-state index < -0.39 is 5.97 Å². The second-order valence-electron chi connectivity index (χ2n) is 6.53. The summed E-state index contributed by atoms with van der Waals surface area (Å²) in [6, 6.07) is 13.8. The minimum atomic E-state index is -0.897. The lowest BCUT2D eigenvalue weighted by atomic mass is 9.82. The number of hydrogen-bond acceptors (Lipinski definition) is 1. The first-order chi connectivity index (χ1) is 10.9. The maximum atomic E-state index is 11.7. The number of carbonyl (C=O) groups is 1. The van der Waals surface area contributed by atoms with Crippen molar-refractivity contribution in [3.05, 3.63) is 66.0 Å². The number of rotatable bonds is 4. The van der Waals surface area contributed by atoms with Crippen molar-refractivity contribution >= 4 is 11.5 Å². The summed E-state index contributed by atoms with van der Waals surface area (Å²) in [6.07, 6.45) is 4.82. The third-order valence-corrected chi connectivity index (χ3v) is 4.76. The first-order valence-electron chi connectivity index (χ1n) is 7.88. The highest BCUT2D eigenvalue weighted by Gasteiger charge is 2.20. The molecule has 2 heterocycles. The lowest BCUT2D eigenvalue weighted by Crippen LogP contribution is -2.14.